The minimum Gasteiger partial charge on any atom is -0.391 e. The number of ether oxygens (including phenoxy) is 4. The summed E-state index contributed by atoms with van der Waals surface area (Å²) in [7, 11) is 0. The Labute approximate surface area is 357 Å². The number of carbonyl (C=O) groups excluding carboxylic acids is 8. The van der Waals surface area contributed by atoms with Gasteiger partial charge in [-0.25, -0.2) is 0 Å². The van der Waals surface area contributed by atoms with Gasteiger partial charge in [0, 0.05) is 75.0 Å². The number of carbonyl (C=O) groups is 8. The molecule has 4 heterocycles. The Bertz CT molecular complexity index is 1330. The van der Waals surface area contributed by atoms with Crippen LogP contribution in [0.4, 0.5) is 0 Å². The first-order valence-corrected chi connectivity index (χ1v) is 18.4. The van der Waals surface area contributed by atoms with Gasteiger partial charge in [0.1, 0.15) is 0 Å². The minimum absolute atomic E-state index is 0. The third-order valence-corrected chi connectivity index (χ3v) is 9.19. The molecule has 8 amide bonds. The molecular weight excluding hydrogens is 804 g/mol. The molecule has 0 fully saturated rings. The first kappa shape index (κ1) is 56.2. The maximum Gasteiger partial charge on any atom is 0.253 e. The molecule has 0 spiro atoms. The Morgan fingerprint density at radius 3 is 0.689 bits per heavy atom. The van der Waals surface area contributed by atoms with E-state index in [0.29, 0.717) is 0 Å². The van der Waals surface area contributed by atoms with Crippen molar-refractivity contribution in [3.8, 4) is 0 Å². The highest BCUT2D eigenvalue weighted by molar-refractivity contribution is 6.14. The lowest BCUT2D eigenvalue weighted by Crippen LogP contribution is -2.43. The van der Waals surface area contributed by atoms with Gasteiger partial charge < -0.3 is 39.4 Å². The van der Waals surface area contributed by atoms with Gasteiger partial charge in [0.25, 0.3) is 47.3 Å². The second kappa shape index (κ2) is 27.2. The number of imide groups is 4. The molecular formula is C41H64N4O16. The molecule has 4 rings (SSSR count). The van der Waals surface area contributed by atoms with Crippen LogP contribution in [0, 0.1) is 5.41 Å². The van der Waals surface area contributed by atoms with Crippen LogP contribution >= 0.6 is 0 Å². The minimum atomic E-state index is -1.13. The van der Waals surface area contributed by atoms with E-state index in [1.807, 2.05) is 0 Å². The van der Waals surface area contributed by atoms with Crippen LogP contribution in [0.25, 0.3) is 0 Å². The van der Waals surface area contributed by atoms with E-state index in [0.717, 1.165) is 68.2 Å². The maximum atomic E-state index is 11.9. The summed E-state index contributed by atoms with van der Waals surface area (Å²) in [5, 5.41) is 42.0. The maximum absolute atomic E-state index is 11.9. The topological polar surface area (TPSA) is 267 Å². The van der Waals surface area contributed by atoms with Crippen molar-refractivity contribution in [3.63, 3.8) is 0 Å². The fourth-order valence-electron chi connectivity index (χ4n) is 5.93. The molecule has 4 aliphatic rings. The number of aliphatic hydroxyl groups is 4. The molecule has 0 saturated carbocycles. The van der Waals surface area contributed by atoms with E-state index in [-0.39, 0.29) is 134 Å². The van der Waals surface area contributed by atoms with Crippen LogP contribution in [0.3, 0.4) is 0 Å². The fraction of sp³-hybridized carbons (Fsp3) is 0.610. The summed E-state index contributed by atoms with van der Waals surface area (Å²) >= 11 is 0. The van der Waals surface area contributed by atoms with Gasteiger partial charge in [-0.1, -0.05) is 29.7 Å². The Balaban J connectivity index is 0.00000900. The van der Waals surface area contributed by atoms with Gasteiger partial charge in [-0.05, 0) is 25.7 Å². The molecule has 20 nitrogen and oxygen atoms in total. The molecule has 61 heavy (non-hydrogen) atoms. The van der Waals surface area contributed by atoms with E-state index >= 15 is 0 Å². The highest BCUT2D eigenvalue weighted by atomic mass is 16.5. The number of amides is 8. The molecule has 0 aromatic heterocycles. The molecule has 4 aliphatic heterocycles. The summed E-state index contributed by atoms with van der Waals surface area (Å²) in [4.78, 5) is 98.9. The van der Waals surface area contributed by atoms with E-state index in [1.54, 1.807) is 0 Å². The highest BCUT2D eigenvalue weighted by Gasteiger charge is 2.34. The number of hydrogen-bond donors (Lipinski definition) is 4. The van der Waals surface area contributed by atoms with E-state index in [1.165, 1.54) is 0 Å². The molecule has 0 saturated heterocycles. The molecule has 0 aromatic carbocycles. The van der Waals surface area contributed by atoms with E-state index in [2.05, 4.69) is 0 Å². The molecule has 4 N–H and O–H groups in total. The van der Waals surface area contributed by atoms with Crippen LogP contribution in [0.5, 0.6) is 0 Å². The van der Waals surface area contributed by atoms with Crippen LogP contribution in [-0.4, -0.2) is 191 Å². The molecule has 20 heteroatoms. The lowest BCUT2D eigenvalue weighted by molar-refractivity contribution is -0.140. The van der Waals surface area contributed by atoms with Crippen molar-refractivity contribution in [2.24, 2.45) is 5.41 Å². The Hall–Kier alpha value is -4.80. The highest BCUT2D eigenvalue weighted by Crippen LogP contribution is 2.23. The van der Waals surface area contributed by atoms with Gasteiger partial charge >= 0.3 is 0 Å². The predicted molar refractivity (Wildman–Crippen MR) is 219 cm³/mol. The van der Waals surface area contributed by atoms with E-state index in [4.69, 9.17) is 18.9 Å². The third kappa shape index (κ3) is 17.2. The molecule has 0 aliphatic carbocycles. The van der Waals surface area contributed by atoms with Crippen molar-refractivity contribution in [1.29, 1.82) is 0 Å². The Morgan fingerprint density at radius 2 is 0.525 bits per heavy atom. The number of nitrogens with zero attached hydrogens (tertiary/aromatic N) is 4. The van der Waals surface area contributed by atoms with Crippen molar-refractivity contribution < 1.29 is 77.7 Å². The number of rotatable bonds is 28. The van der Waals surface area contributed by atoms with Crippen LogP contribution in [0.1, 0.15) is 55.4 Å². The zero-order valence-corrected chi connectivity index (χ0v) is 31.2. The van der Waals surface area contributed by atoms with Gasteiger partial charge in [-0.2, -0.15) is 0 Å². The fourth-order valence-corrected chi connectivity index (χ4v) is 5.93. The zero-order chi connectivity index (χ0) is 41.5. The quantitative estimate of drug-likeness (QED) is 0.0559. The summed E-state index contributed by atoms with van der Waals surface area (Å²) < 4.78 is 23.8. The molecule has 0 radical (unpaired) electrons. The zero-order valence-electron chi connectivity index (χ0n) is 31.2. The van der Waals surface area contributed by atoms with Crippen LogP contribution in [-0.2, 0) is 57.3 Å². The molecule has 0 aromatic rings. The van der Waals surface area contributed by atoms with Crippen molar-refractivity contribution in [2.75, 3.05) is 79.0 Å². The van der Waals surface area contributed by atoms with Crippen LogP contribution in [0.15, 0.2) is 48.6 Å². The van der Waals surface area contributed by atoms with Crippen molar-refractivity contribution in [2.45, 2.75) is 79.8 Å². The lowest BCUT2D eigenvalue weighted by atomic mass is 9.92. The second-order valence-corrected chi connectivity index (χ2v) is 14.0. The standard InChI is InChI=1S/C37H48N4O16.4CH4/c42-25(17-38-29(46)1-2-30(38)47)9-13-54-21-37(22-55-14-10-26(43)18-39-31(48)3-4-32(39)49,23-56-15-11-27(44)19-40-33(50)5-6-34(40)51)24-57-16-12-28(45)20-41-35(52)7-8-36(41)53;;;;/h1-8,25-28,42-45H,9-24H2;4*1H4. The smallest absolute Gasteiger partial charge is 0.253 e. The number of hydrogen-bond acceptors (Lipinski definition) is 16. The summed E-state index contributed by atoms with van der Waals surface area (Å²) in [6.07, 6.45) is 4.46. The van der Waals surface area contributed by atoms with Crippen LogP contribution in [0.2, 0.25) is 0 Å². The average molecular weight is 869 g/mol. The molecule has 4 atom stereocenters. The molecule has 344 valence electrons. The predicted octanol–water partition coefficient (Wildman–Crippen LogP) is -0.712. The normalized spacial score (nSPS) is 18.7. The van der Waals surface area contributed by atoms with E-state index < -0.39 is 77.1 Å². The summed E-state index contributed by atoms with van der Waals surface area (Å²) in [6.45, 7) is -1.68. The summed E-state index contributed by atoms with van der Waals surface area (Å²) in [5.41, 5.74) is -1.13. The second-order valence-electron chi connectivity index (χ2n) is 14.0. The largest absolute Gasteiger partial charge is 0.391 e. The average Bonchev–Trinajstić information content (AvgIpc) is 3.88. The molecule has 4 unspecified atom stereocenters. The van der Waals surface area contributed by atoms with Crippen LogP contribution < -0.4 is 0 Å². The van der Waals surface area contributed by atoms with Crippen molar-refractivity contribution in [3.05, 3.63) is 48.6 Å². The van der Waals surface area contributed by atoms with Gasteiger partial charge in [-0.15, -0.1) is 0 Å². The third-order valence-electron chi connectivity index (χ3n) is 9.19. The number of β-amino-alcohol motifs (C(OH)–C–C–N with tert-alkyl or cyclic N) is 4. The van der Waals surface area contributed by atoms with Gasteiger partial charge in [0.2, 0.25) is 0 Å². The molecule has 0 bridgehead atoms. The SMILES string of the molecule is C.C.C.C.O=C1C=CC(=O)N1CC(O)CCOCC(COCCC(O)CN1C(=O)C=CC1=O)(COCCC(O)CN1C(=O)C=CC1=O)COCCC(O)CN1C(=O)C=CC1=O. The number of aliphatic hydroxyl groups excluding tert-OH is 4. The van der Waals surface area contributed by atoms with Gasteiger partial charge in [-0.3, -0.25) is 58.0 Å². The van der Waals surface area contributed by atoms with Crippen molar-refractivity contribution >= 4 is 47.3 Å². The van der Waals surface area contributed by atoms with Gasteiger partial charge in [0.05, 0.1) is 82.4 Å². The monoisotopic (exact) mass is 868 g/mol. The first-order valence-electron chi connectivity index (χ1n) is 18.4. The summed E-state index contributed by atoms with van der Waals surface area (Å²) in [6, 6.07) is 0. The lowest BCUT2D eigenvalue weighted by Gasteiger charge is -2.33. The van der Waals surface area contributed by atoms with E-state index in [9.17, 15) is 58.8 Å². The van der Waals surface area contributed by atoms with Crippen molar-refractivity contribution in [1.82, 2.24) is 19.6 Å². The Morgan fingerprint density at radius 1 is 0.361 bits per heavy atom. The van der Waals surface area contributed by atoms with Gasteiger partial charge in [0.15, 0.2) is 0 Å². The summed E-state index contributed by atoms with van der Waals surface area (Å²) in [5.74, 6) is -4.40. The first-order chi connectivity index (χ1) is 27.2. The Kier molecular flexibility index (Phi) is 25.1.